The van der Waals surface area contributed by atoms with E-state index in [-0.39, 0.29) is 16.3 Å². The number of ketones is 1. The van der Waals surface area contributed by atoms with Gasteiger partial charge in [0.2, 0.25) is 15.8 Å². The van der Waals surface area contributed by atoms with Crippen molar-refractivity contribution < 1.29 is 26.4 Å². The van der Waals surface area contributed by atoms with Gasteiger partial charge in [0.15, 0.2) is 5.78 Å². The zero-order valence-corrected chi connectivity index (χ0v) is 17.4. The number of nitrogens with zero attached hydrogens (tertiary/aromatic N) is 2. The number of rotatable bonds is 6. The maximum absolute atomic E-state index is 13.2. The Balaban J connectivity index is 1.87. The Morgan fingerprint density at radius 1 is 1.07 bits per heavy atom. The van der Waals surface area contributed by atoms with Gasteiger partial charge in [0.1, 0.15) is 5.03 Å². The minimum Gasteiger partial charge on any atom is -0.293 e. The van der Waals surface area contributed by atoms with Crippen molar-refractivity contribution in [3.63, 3.8) is 0 Å². The second-order valence-electron chi connectivity index (χ2n) is 6.44. The normalized spacial score (nSPS) is 13.2. The van der Waals surface area contributed by atoms with Crippen molar-refractivity contribution >= 4 is 44.2 Å². The van der Waals surface area contributed by atoms with Gasteiger partial charge in [0, 0.05) is 16.6 Å². The summed E-state index contributed by atoms with van der Waals surface area (Å²) < 4.78 is 64.3. The van der Waals surface area contributed by atoms with Gasteiger partial charge in [-0.25, -0.2) is 18.4 Å². The fourth-order valence-electron chi connectivity index (χ4n) is 2.64. The molecule has 0 unspecified atom stereocenters. The van der Waals surface area contributed by atoms with Crippen LogP contribution >= 0.6 is 11.8 Å². The maximum atomic E-state index is 13.2. The summed E-state index contributed by atoms with van der Waals surface area (Å²) in [4.78, 5) is 19.9. The number of hydrogen-bond acceptors (Lipinski definition) is 6. The molecular formula is C19H16F3N3O3S2. The average molecular weight is 455 g/mol. The van der Waals surface area contributed by atoms with Gasteiger partial charge in [0.25, 0.3) is 0 Å². The zero-order chi connectivity index (χ0) is 22.1. The molecule has 0 aliphatic rings. The number of halogens is 3. The van der Waals surface area contributed by atoms with Crippen LogP contribution in [0.4, 0.5) is 18.9 Å². The number of hydrogen-bond donors (Lipinski definition) is 1. The van der Waals surface area contributed by atoms with E-state index in [9.17, 15) is 26.4 Å². The minimum absolute atomic E-state index is 0.0594. The molecule has 30 heavy (non-hydrogen) atoms. The molecule has 2 aromatic carbocycles. The molecule has 0 spiro atoms. The van der Waals surface area contributed by atoms with Crippen molar-refractivity contribution in [1.82, 2.24) is 9.97 Å². The third-order valence-electron chi connectivity index (χ3n) is 3.95. The highest BCUT2D eigenvalue weighted by Crippen LogP contribution is 2.34. The van der Waals surface area contributed by atoms with Crippen molar-refractivity contribution in [3.8, 4) is 0 Å². The van der Waals surface area contributed by atoms with Crippen molar-refractivity contribution in [2.45, 2.75) is 23.4 Å². The first-order valence-electron chi connectivity index (χ1n) is 8.57. The van der Waals surface area contributed by atoms with E-state index in [1.165, 1.54) is 30.3 Å². The molecule has 0 aliphatic carbocycles. The van der Waals surface area contributed by atoms with Gasteiger partial charge >= 0.3 is 6.18 Å². The number of benzene rings is 2. The molecule has 0 aliphatic heterocycles. The summed E-state index contributed by atoms with van der Waals surface area (Å²) in [7, 11) is -3.45. The van der Waals surface area contributed by atoms with Gasteiger partial charge in [-0.15, -0.1) is 0 Å². The number of carbonyl (C=O) groups excluding carboxylic acids is 1. The van der Waals surface area contributed by atoms with E-state index in [0.717, 1.165) is 18.0 Å². The van der Waals surface area contributed by atoms with Crippen LogP contribution in [0.1, 0.15) is 23.1 Å². The Hall–Kier alpha value is -2.66. The van der Waals surface area contributed by atoms with Crippen molar-refractivity contribution in [2.75, 3.05) is 11.0 Å². The third kappa shape index (κ3) is 5.28. The number of thioether (sulfide) groups is 1. The molecule has 0 radical (unpaired) electrons. The maximum Gasteiger partial charge on any atom is 0.451 e. The van der Waals surface area contributed by atoms with Gasteiger partial charge in [-0.05, 0) is 37.3 Å². The summed E-state index contributed by atoms with van der Waals surface area (Å²) in [5.41, 5.74) is 0.729. The van der Waals surface area contributed by atoms with Gasteiger partial charge < -0.3 is 0 Å². The third-order valence-corrected chi connectivity index (χ3v) is 5.66. The number of Topliss-reactive ketones (excluding diaryl/α,β-unsaturated/α-hetero) is 1. The number of aromatic nitrogens is 2. The number of para-hydroxylation sites is 1. The summed E-state index contributed by atoms with van der Waals surface area (Å²) in [6.45, 7) is 1.57. The topological polar surface area (TPSA) is 89.0 Å². The van der Waals surface area contributed by atoms with Gasteiger partial charge in [0.05, 0.1) is 17.0 Å². The molecule has 0 bridgehead atoms. The van der Waals surface area contributed by atoms with E-state index < -0.39 is 27.3 Å². The molecule has 3 aromatic rings. The Bertz CT molecular complexity index is 1200. The molecule has 0 saturated carbocycles. The highest BCUT2D eigenvalue weighted by Gasteiger charge is 2.36. The van der Waals surface area contributed by atoms with Crippen LogP contribution in [0.5, 0.6) is 0 Å². The first kappa shape index (κ1) is 22.0. The van der Waals surface area contributed by atoms with Gasteiger partial charge in [-0.2, -0.15) is 13.2 Å². The average Bonchev–Trinajstić information content (AvgIpc) is 2.66. The van der Waals surface area contributed by atoms with E-state index in [0.29, 0.717) is 16.6 Å². The standard InChI is InChI=1S/C19H16F3N3O3S2/c1-11(16(26)12-7-9-13(10-8-12)25-30(2,27)28)29-17-14-5-3-4-6-15(14)23-18(24-17)19(20,21)22/h3-11,25H,1-2H3/t11-/m1/s1. The van der Waals surface area contributed by atoms with E-state index >= 15 is 0 Å². The van der Waals surface area contributed by atoms with E-state index in [2.05, 4.69) is 14.7 Å². The summed E-state index contributed by atoms with van der Waals surface area (Å²) in [6, 6.07) is 12.1. The molecule has 0 fully saturated rings. The molecule has 3 rings (SSSR count). The van der Waals surface area contributed by atoms with E-state index in [1.807, 2.05) is 0 Å². The Morgan fingerprint density at radius 2 is 1.70 bits per heavy atom. The molecule has 158 valence electrons. The number of fused-ring (bicyclic) bond motifs is 1. The summed E-state index contributed by atoms with van der Waals surface area (Å²) in [6.07, 6.45) is -3.71. The lowest BCUT2D eigenvalue weighted by Crippen LogP contribution is -2.16. The lowest BCUT2D eigenvalue weighted by Gasteiger charge is -2.14. The van der Waals surface area contributed by atoms with Gasteiger partial charge in [-0.3, -0.25) is 9.52 Å². The first-order valence-corrected chi connectivity index (χ1v) is 11.3. The molecule has 1 aromatic heterocycles. The van der Waals surface area contributed by atoms with Crippen LogP contribution in [0, 0.1) is 0 Å². The highest BCUT2D eigenvalue weighted by atomic mass is 32.2. The minimum atomic E-state index is -4.71. The van der Waals surface area contributed by atoms with Crippen LogP contribution in [0.25, 0.3) is 10.9 Å². The summed E-state index contributed by atoms with van der Waals surface area (Å²) >= 11 is 0.908. The van der Waals surface area contributed by atoms with Crippen LogP contribution in [0.3, 0.4) is 0 Å². The predicted octanol–water partition coefficient (Wildman–Crippen LogP) is 4.38. The monoisotopic (exact) mass is 455 g/mol. The number of anilines is 1. The molecular weight excluding hydrogens is 439 g/mol. The van der Waals surface area contributed by atoms with Crippen molar-refractivity contribution in [1.29, 1.82) is 0 Å². The number of sulfonamides is 1. The lowest BCUT2D eigenvalue weighted by molar-refractivity contribution is -0.145. The second-order valence-corrected chi connectivity index (χ2v) is 9.52. The Morgan fingerprint density at radius 3 is 2.30 bits per heavy atom. The fourth-order valence-corrected chi connectivity index (χ4v) is 4.22. The predicted molar refractivity (Wildman–Crippen MR) is 109 cm³/mol. The van der Waals surface area contributed by atoms with Crippen LogP contribution < -0.4 is 4.72 Å². The quantitative estimate of drug-likeness (QED) is 0.337. The van der Waals surface area contributed by atoms with E-state index in [4.69, 9.17) is 0 Å². The molecule has 1 heterocycles. The smallest absolute Gasteiger partial charge is 0.293 e. The molecule has 0 amide bonds. The largest absolute Gasteiger partial charge is 0.451 e. The first-order chi connectivity index (χ1) is 13.9. The van der Waals surface area contributed by atoms with E-state index in [1.54, 1.807) is 25.1 Å². The number of alkyl halides is 3. The number of nitrogens with one attached hydrogen (secondary N) is 1. The lowest BCUT2D eigenvalue weighted by atomic mass is 10.1. The summed E-state index contributed by atoms with van der Waals surface area (Å²) in [5.74, 6) is -1.60. The molecule has 0 saturated heterocycles. The zero-order valence-electron chi connectivity index (χ0n) is 15.8. The molecule has 6 nitrogen and oxygen atoms in total. The van der Waals surface area contributed by atoms with Crippen molar-refractivity contribution in [2.24, 2.45) is 0 Å². The molecule has 11 heteroatoms. The Labute approximate surface area is 175 Å². The SMILES string of the molecule is C[C@@H](Sc1nc(C(F)(F)F)nc2ccccc12)C(=O)c1ccc(NS(C)(=O)=O)cc1. The summed E-state index contributed by atoms with van der Waals surface area (Å²) in [5, 5.41) is -0.259. The van der Waals surface area contributed by atoms with Crippen molar-refractivity contribution in [3.05, 3.63) is 59.9 Å². The highest BCUT2D eigenvalue weighted by molar-refractivity contribution is 8.00. The van der Waals surface area contributed by atoms with Crippen LogP contribution in [-0.2, 0) is 16.2 Å². The fraction of sp³-hybridized carbons (Fsp3) is 0.211. The van der Waals surface area contributed by atoms with Gasteiger partial charge in [-0.1, -0.05) is 30.0 Å². The Kier molecular flexibility index (Phi) is 6.04. The number of carbonyl (C=O) groups is 1. The van der Waals surface area contributed by atoms with Crippen LogP contribution in [0.2, 0.25) is 0 Å². The van der Waals surface area contributed by atoms with Crippen LogP contribution in [0.15, 0.2) is 53.6 Å². The second kappa shape index (κ2) is 8.23. The van der Waals surface area contributed by atoms with Crippen LogP contribution in [-0.4, -0.2) is 35.7 Å². The molecule has 1 N–H and O–H groups in total. The molecule has 1 atom stereocenters.